The lowest BCUT2D eigenvalue weighted by Crippen LogP contribution is -2.27. The van der Waals surface area contributed by atoms with Crippen LogP contribution < -0.4 is 10.9 Å². The second-order valence-corrected chi connectivity index (χ2v) is 11.1. The molecule has 0 radical (unpaired) electrons. The smallest absolute Gasteiger partial charge is 0.238 e. The van der Waals surface area contributed by atoms with Gasteiger partial charge < -0.3 is 5.73 Å². The van der Waals surface area contributed by atoms with Crippen molar-refractivity contribution in [2.75, 3.05) is 0 Å². The molecule has 5 N–H and O–H groups in total. The monoisotopic (exact) mass is 461 g/mol. The molecule has 0 bridgehead atoms. The van der Waals surface area contributed by atoms with Crippen LogP contribution in [0.4, 0.5) is 0 Å². The van der Waals surface area contributed by atoms with E-state index in [9.17, 15) is 8.42 Å². The summed E-state index contributed by atoms with van der Waals surface area (Å²) in [5.41, 5.74) is 10.6. The summed E-state index contributed by atoms with van der Waals surface area (Å²) in [7, 11) is -3.79. The second kappa shape index (κ2) is 9.12. The topological polar surface area (TPSA) is 110 Å². The van der Waals surface area contributed by atoms with E-state index in [1.165, 1.54) is 24.0 Å². The number of amidine groups is 1. The van der Waals surface area contributed by atoms with Gasteiger partial charge in [0.1, 0.15) is 5.84 Å². The molecule has 0 aliphatic heterocycles. The Labute approximate surface area is 196 Å². The van der Waals surface area contributed by atoms with Crippen LogP contribution >= 0.6 is 0 Å². The third-order valence-electron chi connectivity index (χ3n) is 6.83. The molecule has 5 nitrogen and oxygen atoms in total. The molecule has 2 atom stereocenters. The second-order valence-electron chi connectivity index (χ2n) is 9.56. The van der Waals surface area contributed by atoms with Crippen molar-refractivity contribution in [2.45, 2.75) is 49.8 Å². The highest BCUT2D eigenvalue weighted by Gasteiger charge is 2.33. The lowest BCUT2D eigenvalue weighted by atomic mass is 9.66. The standard InChI is InChI=1S/C27H31N3O2S/c1-27(17-19-6-4-7-22(16-19)26(28)29)15-5-8-23(18-27)20-11-13-21(14-12-20)24-9-2-3-10-25(24)33(30,31)32/h2-4,6-7,9-14,16,23H,5,8,15,17-18H2,1H3,(H3,28,29)(H2,30,31,32). The first-order valence-corrected chi connectivity index (χ1v) is 12.8. The summed E-state index contributed by atoms with van der Waals surface area (Å²) in [4.78, 5) is 0.149. The highest BCUT2D eigenvalue weighted by Crippen LogP contribution is 2.46. The van der Waals surface area contributed by atoms with Gasteiger partial charge in [-0.3, -0.25) is 5.41 Å². The van der Waals surface area contributed by atoms with Gasteiger partial charge in [0.25, 0.3) is 0 Å². The largest absolute Gasteiger partial charge is 0.384 e. The number of benzene rings is 3. The van der Waals surface area contributed by atoms with Gasteiger partial charge in [-0.1, -0.05) is 74.0 Å². The molecule has 1 fully saturated rings. The van der Waals surface area contributed by atoms with Crippen LogP contribution in [0.25, 0.3) is 11.1 Å². The van der Waals surface area contributed by atoms with E-state index in [0.717, 1.165) is 30.4 Å². The molecule has 0 heterocycles. The average Bonchev–Trinajstić information content (AvgIpc) is 2.78. The van der Waals surface area contributed by atoms with Gasteiger partial charge in [0, 0.05) is 11.1 Å². The van der Waals surface area contributed by atoms with E-state index in [-0.39, 0.29) is 16.1 Å². The van der Waals surface area contributed by atoms with Crippen molar-refractivity contribution in [3.63, 3.8) is 0 Å². The van der Waals surface area contributed by atoms with Gasteiger partial charge in [0.15, 0.2) is 0 Å². The van der Waals surface area contributed by atoms with E-state index in [0.29, 0.717) is 11.5 Å². The van der Waals surface area contributed by atoms with Crippen LogP contribution in [0, 0.1) is 10.8 Å². The summed E-state index contributed by atoms with van der Waals surface area (Å²) in [5.74, 6) is 0.565. The van der Waals surface area contributed by atoms with Gasteiger partial charge >= 0.3 is 0 Å². The van der Waals surface area contributed by atoms with Crippen molar-refractivity contribution in [2.24, 2.45) is 16.3 Å². The number of hydrogen-bond acceptors (Lipinski definition) is 3. The molecule has 172 valence electrons. The van der Waals surface area contributed by atoms with E-state index in [1.807, 2.05) is 36.4 Å². The first-order chi connectivity index (χ1) is 15.6. The highest BCUT2D eigenvalue weighted by molar-refractivity contribution is 7.89. The van der Waals surface area contributed by atoms with Gasteiger partial charge in [-0.15, -0.1) is 0 Å². The maximum atomic E-state index is 12.0. The predicted octanol–water partition coefficient (Wildman–Crippen LogP) is 5.19. The van der Waals surface area contributed by atoms with Gasteiger partial charge in [0.05, 0.1) is 4.90 Å². The minimum Gasteiger partial charge on any atom is -0.384 e. The normalized spacial score (nSPS) is 21.0. The Bertz CT molecular complexity index is 1270. The summed E-state index contributed by atoms with van der Waals surface area (Å²) in [5, 5.41) is 13.1. The molecule has 1 saturated carbocycles. The van der Waals surface area contributed by atoms with Crippen LogP contribution in [0.5, 0.6) is 0 Å². The highest BCUT2D eigenvalue weighted by atomic mass is 32.2. The van der Waals surface area contributed by atoms with E-state index in [4.69, 9.17) is 16.3 Å². The molecular weight excluding hydrogens is 430 g/mol. The summed E-state index contributed by atoms with van der Waals surface area (Å²) < 4.78 is 24.0. The summed E-state index contributed by atoms with van der Waals surface area (Å²) in [6.45, 7) is 2.36. The SMILES string of the molecule is CC1(Cc2cccc(C(=N)N)c2)CCCC(c2ccc(-c3ccccc3S(N)(=O)=O)cc2)C1. The van der Waals surface area contributed by atoms with Crippen molar-refractivity contribution in [1.29, 1.82) is 5.41 Å². The van der Waals surface area contributed by atoms with Crippen molar-refractivity contribution in [3.8, 4) is 11.1 Å². The first kappa shape index (κ1) is 23.2. The van der Waals surface area contributed by atoms with Gasteiger partial charge in [-0.25, -0.2) is 13.6 Å². The Morgan fingerprint density at radius 3 is 2.48 bits per heavy atom. The molecule has 33 heavy (non-hydrogen) atoms. The van der Waals surface area contributed by atoms with Crippen molar-refractivity contribution in [1.82, 2.24) is 0 Å². The van der Waals surface area contributed by atoms with Crippen molar-refractivity contribution in [3.05, 3.63) is 89.5 Å². The Morgan fingerprint density at radius 2 is 1.79 bits per heavy atom. The predicted molar refractivity (Wildman–Crippen MR) is 134 cm³/mol. The number of rotatable bonds is 6. The zero-order valence-corrected chi connectivity index (χ0v) is 19.7. The molecule has 1 aliphatic rings. The Morgan fingerprint density at radius 1 is 1.06 bits per heavy atom. The third-order valence-corrected chi connectivity index (χ3v) is 7.80. The summed E-state index contributed by atoms with van der Waals surface area (Å²) >= 11 is 0. The molecule has 3 aromatic carbocycles. The molecule has 3 aromatic rings. The number of nitrogen functional groups attached to an aromatic ring is 1. The van der Waals surface area contributed by atoms with Crippen LogP contribution in [0.15, 0.2) is 77.7 Å². The number of primary sulfonamides is 1. The maximum absolute atomic E-state index is 12.0. The van der Waals surface area contributed by atoms with Crippen molar-refractivity contribution >= 4 is 15.9 Å². The van der Waals surface area contributed by atoms with E-state index in [2.05, 4.69) is 25.1 Å². The van der Waals surface area contributed by atoms with Gasteiger partial charge in [0.2, 0.25) is 10.0 Å². The molecule has 6 heteroatoms. The number of nitrogens with one attached hydrogen (secondary N) is 1. The van der Waals surface area contributed by atoms with Gasteiger partial charge in [-0.2, -0.15) is 0 Å². The fourth-order valence-corrected chi connectivity index (χ4v) is 6.01. The molecule has 2 unspecified atom stereocenters. The van der Waals surface area contributed by atoms with Crippen LogP contribution in [-0.4, -0.2) is 14.3 Å². The molecule has 0 amide bonds. The number of hydrogen-bond donors (Lipinski definition) is 3. The fraction of sp³-hybridized carbons (Fsp3) is 0.296. The minimum atomic E-state index is -3.79. The molecule has 0 spiro atoms. The van der Waals surface area contributed by atoms with Crippen LogP contribution in [0.3, 0.4) is 0 Å². The number of nitrogens with two attached hydrogens (primary N) is 2. The van der Waals surface area contributed by atoms with Crippen LogP contribution in [0.1, 0.15) is 55.2 Å². The first-order valence-electron chi connectivity index (χ1n) is 11.3. The number of sulfonamides is 1. The molecular formula is C27H31N3O2S. The molecule has 1 aliphatic carbocycles. The molecule has 0 aromatic heterocycles. The summed E-state index contributed by atoms with van der Waals surface area (Å²) in [6.07, 6.45) is 5.54. The zero-order chi connectivity index (χ0) is 23.6. The lowest BCUT2D eigenvalue weighted by molar-refractivity contribution is 0.193. The van der Waals surface area contributed by atoms with Crippen LogP contribution in [-0.2, 0) is 16.4 Å². The zero-order valence-electron chi connectivity index (χ0n) is 18.9. The van der Waals surface area contributed by atoms with E-state index in [1.54, 1.807) is 18.2 Å². The van der Waals surface area contributed by atoms with E-state index < -0.39 is 10.0 Å². The third kappa shape index (κ3) is 5.34. The quantitative estimate of drug-likeness (QED) is 0.347. The van der Waals surface area contributed by atoms with Crippen molar-refractivity contribution < 1.29 is 8.42 Å². The lowest BCUT2D eigenvalue weighted by Gasteiger charge is -2.39. The van der Waals surface area contributed by atoms with E-state index >= 15 is 0 Å². The molecule has 0 saturated heterocycles. The Balaban J connectivity index is 1.54. The molecule has 4 rings (SSSR count). The van der Waals surface area contributed by atoms with Crippen LogP contribution in [0.2, 0.25) is 0 Å². The Kier molecular flexibility index (Phi) is 6.41. The Hall–Kier alpha value is -2.96. The van der Waals surface area contributed by atoms with Gasteiger partial charge in [-0.05, 0) is 65.8 Å². The fourth-order valence-electron chi connectivity index (χ4n) is 5.25. The average molecular weight is 462 g/mol. The minimum absolute atomic E-state index is 0.104. The maximum Gasteiger partial charge on any atom is 0.238 e. The summed E-state index contributed by atoms with van der Waals surface area (Å²) in [6, 6.07) is 23.1.